The molecule has 0 saturated heterocycles. The lowest BCUT2D eigenvalue weighted by molar-refractivity contribution is 0.273. The van der Waals surface area contributed by atoms with Crippen molar-refractivity contribution in [1.29, 1.82) is 0 Å². The first-order chi connectivity index (χ1) is 7.09. The standard InChI is InChI=1S/C15H22/c1-10(2)13-8-6-12(4)14-7-5-11(3)9-15(13)14/h9,12-14H,1,3,5-8H2,2,4H3. The summed E-state index contributed by atoms with van der Waals surface area (Å²) in [6.07, 6.45) is 7.54. The van der Waals surface area contributed by atoms with Gasteiger partial charge in [0.15, 0.2) is 0 Å². The van der Waals surface area contributed by atoms with Crippen LogP contribution in [0.1, 0.15) is 39.5 Å². The summed E-state index contributed by atoms with van der Waals surface area (Å²) in [5.41, 5.74) is 4.30. The number of allylic oxidation sites excluding steroid dienone is 4. The van der Waals surface area contributed by atoms with Gasteiger partial charge in [-0.05, 0) is 44.4 Å². The molecular formula is C15H22. The summed E-state index contributed by atoms with van der Waals surface area (Å²) >= 11 is 0. The fourth-order valence-corrected chi connectivity index (χ4v) is 3.22. The Morgan fingerprint density at radius 3 is 2.73 bits per heavy atom. The third-order valence-electron chi connectivity index (χ3n) is 4.17. The van der Waals surface area contributed by atoms with Gasteiger partial charge in [-0.25, -0.2) is 0 Å². The minimum atomic E-state index is 0.642. The first kappa shape index (κ1) is 10.7. The lowest BCUT2D eigenvalue weighted by atomic mass is 9.65. The smallest absolute Gasteiger partial charge is 0.000767 e. The number of fused-ring (bicyclic) bond motifs is 1. The molecule has 0 aliphatic heterocycles. The molecule has 0 amide bonds. The molecule has 15 heavy (non-hydrogen) atoms. The van der Waals surface area contributed by atoms with Crippen molar-refractivity contribution >= 4 is 0 Å². The molecule has 0 bridgehead atoms. The van der Waals surface area contributed by atoms with Crippen LogP contribution in [0.4, 0.5) is 0 Å². The zero-order valence-electron chi connectivity index (χ0n) is 10.1. The predicted molar refractivity (Wildman–Crippen MR) is 66.6 cm³/mol. The largest absolute Gasteiger partial charge is 0.0995 e. The zero-order chi connectivity index (χ0) is 11.0. The summed E-state index contributed by atoms with van der Waals surface area (Å²) in [5, 5.41) is 0. The highest BCUT2D eigenvalue weighted by Crippen LogP contribution is 2.46. The third kappa shape index (κ3) is 1.95. The Kier molecular flexibility index (Phi) is 2.86. The van der Waals surface area contributed by atoms with Crippen LogP contribution < -0.4 is 0 Å². The van der Waals surface area contributed by atoms with E-state index in [0.717, 1.165) is 11.8 Å². The maximum Gasteiger partial charge on any atom is 0.000767 e. The van der Waals surface area contributed by atoms with E-state index >= 15 is 0 Å². The average Bonchev–Trinajstić information content (AvgIpc) is 2.17. The van der Waals surface area contributed by atoms with E-state index in [-0.39, 0.29) is 0 Å². The molecule has 0 aromatic carbocycles. The van der Waals surface area contributed by atoms with Gasteiger partial charge in [-0.15, -0.1) is 0 Å². The van der Waals surface area contributed by atoms with E-state index in [1.54, 1.807) is 5.57 Å². The predicted octanol–water partition coefficient (Wildman–Crippen LogP) is 4.50. The number of hydrogen-bond donors (Lipinski definition) is 0. The molecule has 3 unspecified atom stereocenters. The quantitative estimate of drug-likeness (QED) is 0.549. The molecule has 0 heterocycles. The van der Waals surface area contributed by atoms with E-state index in [4.69, 9.17) is 0 Å². The van der Waals surface area contributed by atoms with Gasteiger partial charge >= 0.3 is 0 Å². The number of hydrogen-bond acceptors (Lipinski definition) is 0. The molecule has 0 radical (unpaired) electrons. The molecule has 2 aliphatic carbocycles. The highest BCUT2D eigenvalue weighted by atomic mass is 14.4. The topological polar surface area (TPSA) is 0 Å². The summed E-state index contributed by atoms with van der Waals surface area (Å²) in [4.78, 5) is 0. The van der Waals surface area contributed by atoms with Crippen molar-refractivity contribution in [3.05, 3.63) is 36.0 Å². The third-order valence-corrected chi connectivity index (χ3v) is 4.17. The maximum atomic E-state index is 4.15. The summed E-state index contributed by atoms with van der Waals surface area (Å²) < 4.78 is 0. The van der Waals surface area contributed by atoms with Crippen molar-refractivity contribution in [2.24, 2.45) is 17.8 Å². The van der Waals surface area contributed by atoms with Gasteiger partial charge in [-0.3, -0.25) is 0 Å². The molecule has 1 saturated carbocycles. The van der Waals surface area contributed by atoms with Gasteiger partial charge in [0.05, 0.1) is 0 Å². The van der Waals surface area contributed by atoms with Gasteiger partial charge < -0.3 is 0 Å². The summed E-state index contributed by atoms with van der Waals surface area (Å²) in [6, 6.07) is 0. The normalized spacial score (nSPS) is 35.7. The van der Waals surface area contributed by atoms with Crippen LogP contribution in [-0.2, 0) is 0 Å². The van der Waals surface area contributed by atoms with Crippen molar-refractivity contribution in [3.63, 3.8) is 0 Å². The Hall–Kier alpha value is -0.780. The Balaban J connectivity index is 2.31. The van der Waals surface area contributed by atoms with E-state index in [9.17, 15) is 0 Å². The van der Waals surface area contributed by atoms with Gasteiger partial charge in [0.1, 0.15) is 0 Å². The summed E-state index contributed by atoms with van der Waals surface area (Å²) in [7, 11) is 0. The SMILES string of the molecule is C=C1C=C2C(C(=C)C)CCC(C)C2CC1. The van der Waals surface area contributed by atoms with Gasteiger partial charge in [0, 0.05) is 5.92 Å². The van der Waals surface area contributed by atoms with E-state index in [1.165, 1.54) is 36.8 Å². The second-order valence-corrected chi connectivity index (χ2v) is 5.40. The minimum absolute atomic E-state index is 0.642. The second-order valence-electron chi connectivity index (χ2n) is 5.40. The molecule has 0 heteroatoms. The fraction of sp³-hybridized carbons (Fsp3) is 0.600. The first-order valence-corrected chi connectivity index (χ1v) is 6.14. The molecule has 3 atom stereocenters. The van der Waals surface area contributed by atoms with Crippen LogP contribution in [0.2, 0.25) is 0 Å². The van der Waals surface area contributed by atoms with Crippen molar-refractivity contribution in [3.8, 4) is 0 Å². The van der Waals surface area contributed by atoms with E-state index in [0.29, 0.717) is 5.92 Å². The lowest BCUT2D eigenvalue weighted by Gasteiger charge is -2.40. The van der Waals surface area contributed by atoms with Crippen LogP contribution in [0.25, 0.3) is 0 Å². The molecule has 2 aliphatic rings. The van der Waals surface area contributed by atoms with Crippen LogP contribution >= 0.6 is 0 Å². The van der Waals surface area contributed by atoms with Gasteiger partial charge in [-0.1, -0.05) is 42.9 Å². The van der Waals surface area contributed by atoms with Crippen LogP contribution in [0, 0.1) is 17.8 Å². The monoisotopic (exact) mass is 202 g/mol. The van der Waals surface area contributed by atoms with Crippen LogP contribution in [0.3, 0.4) is 0 Å². The van der Waals surface area contributed by atoms with Gasteiger partial charge in [0.25, 0.3) is 0 Å². The van der Waals surface area contributed by atoms with Crippen LogP contribution in [-0.4, -0.2) is 0 Å². The second kappa shape index (κ2) is 4.00. The molecule has 0 aromatic rings. The lowest BCUT2D eigenvalue weighted by Crippen LogP contribution is -2.28. The highest BCUT2D eigenvalue weighted by molar-refractivity contribution is 5.33. The Labute approximate surface area is 93.8 Å². The van der Waals surface area contributed by atoms with Crippen molar-refractivity contribution < 1.29 is 0 Å². The maximum absolute atomic E-state index is 4.15. The van der Waals surface area contributed by atoms with E-state index in [2.05, 4.69) is 33.1 Å². The Morgan fingerprint density at radius 2 is 2.07 bits per heavy atom. The molecule has 0 N–H and O–H groups in total. The van der Waals surface area contributed by atoms with Gasteiger partial charge in [-0.2, -0.15) is 0 Å². The van der Waals surface area contributed by atoms with Crippen LogP contribution in [0.5, 0.6) is 0 Å². The van der Waals surface area contributed by atoms with Crippen molar-refractivity contribution in [1.82, 2.24) is 0 Å². The molecule has 0 spiro atoms. The minimum Gasteiger partial charge on any atom is -0.0995 e. The summed E-state index contributed by atoms with van der Waals surface area (Å²) in [5.74, 6) is 2.31. The molecule has 0 aromatic heterocycles. The average molecular weight is 202 g/mol. The van der Waals surface area contributed by atoms with Gasteiger partial charge in [0.2, 0.25) is 0 Å². The zero-order valence-corrected chi connectivity index (χ0v) is 10.1. The van der Waals surface area contributed by atoms with Crippen LogP contribution in [0.15, 0.2) is 36.0 Å². The molecular weight excluding hydrogens is 180 g/mol. The van der Waals surface area contributed by atoms with E-state index in [1.807, 2.05) is 0 Å². The Morgan fingerprint density at radius 1 is 1.33 bits per heavy atom. The highest BCUT2D eigenvalue weighted by Gasteiger charge is 2.34. The van der Waals surface area contributed by atoms with Crippen molar-refractivity contribution in [2.75, 3.05) is 0 Å². The van der Waals surface area contributed by atoms with Crippen molar-refractivity contribution in [2.45, 2.75) is 39.5 Å². The molecule has 82 valence electrons. The molecule has 0 nitrogen and oxygen atoms in total. The van der Waals surface area contributed by atoms with E-state index < -0.39 is 0 Å². The first-order valence-electron chi connectivity index (χ1n) is 6.14. The molecule has 1 fully saturated rings. The molecule has 2 rings (SSSR count). The Bertz CT molecular complexity index is 319. The number of rotatable bonds is 1. The summed E-state index contributed by atoms with van der Waals surface area (Å²) in [6.45, 7) is 12.8. The fourth-order valence-electron chi connectivity index (χ4n) is 3.22.